The lowest BCUT2D eigenvalue weighted by Gasteiger charge is -2.40. The molecule has 1 fully saturated rings. The minimum atomic E-state index is -0.941. The zero-order chi connectivity index (χ0) is 17.0. The van der Waals surface area contributed by atoms with Gasteiger partial charge in [0, 0.05) is 10.0 Å². The van der Waals surface area contributed by atoms with Crippen LogP contribution in [-0.2, 0) is 20.7 Å². The highest BCUT2D eigenvalue weighted by Crippen LogP contribution is 2.35. The summed E-state index contributed by atoms with van der Waals surface area (Å²) in [5.74, 6) is -0.582. The Labute approximate surface area is 146 Å². The molecule has 0 aliphatic heterocycles. The Balaban J connectivity index is 2.16. The number of methoxy groups -OCH3 is 1. The Morgan fingerprint density at radius 2 is 2.09 bits per heavy atom. The van der Waals surface area contributed by atoms with Crippen molar-refractivity contribution < 1.29 is 14.3 Å². The smallest absolute Gasteiger partial charge is 0.331 e. The van der Waals surface area contributed by atoms with E-state index in [4.69, 9.17) is 27.9 Å². The quantitative estimate of drug-likeness (QED) is 0.834. The standard InChI is InChI=1S/C17H21Cl2NO3/c1-11-5-3-4-8-17(11,16(22)23-2)20-15(21)9-12-6-7-13(18)10-14(12)19/h6-7,10-11H,3-5,8-9H2,1-2H3,(H,20,21). The number of ether oxygens (including phenoxy) is 1. The molecule has 2 unspecified atom stereocenters. The SMILES string of the molecule is COC(=O)C1(NC(=O)Cc2ccc(Cl)cc2Cl)CCCCC1C. The van der Waals surface area contributed by atoms with E-state index in [1.54, 1.807) is 18.2 Å². The molecule has 2 atom stereocenters. The molecule has 0 saturated heterocycles. The summed E-state index contributed by atoms with van der Waals surface area (Å²) in [7, 11) is 1.35. The fourth-order valence-electron chi connectivity index (χ4n) is 3.20. The van der Waals surface area contributed by atoms with E-state index in [-0.39, 0.29) is 24.2 Å². The molecular formula is C17H21Cl2NO3. The molecular weight excluding hydrogens is 337 g/mol. The molecule has 126 valence electrons. The zero-order valence-electron chi connectivity index (χ0n) is 13.3. The number of benzene rings is 1. The average Bonchev–Trinajstić information content (AvgIpc) is 2.51. The number of carbonyl (C=O) groups is 2. The molecule has 1 N–H and O–H groups in total. The van der Waals surface area contributed by atoms with Gasteiger partial charge in [-0.25, -0.2) is 4.79 Å². The highest BCUT2D eigenvalue weighted by molar-refractivity contribution is 6.35. The minimum Gasteiger partial charge on any atom is -0.467 e. The molecule has 0 aromatic heterocycles. The molecule has 4 nitrogen and oxygen atoms in total. The summed E-state index contributed by atoms with van der Waals surface area (Å²) in [4.78, 5) is 24.8. The monoisotopic (exact) mass is 357 g/mol. The first-order valence-corrected chi connectivity index (χ1v) is 8.48. The Hall–Kier alpha value is -1.26. The van der Waals surface area contributed by atoms with Gasteiger partial charge in [-0.2, -0.15) is 0 Å². The third kappa shape index (κ3) is 3.99. The molecule has 6 heteroatoms. The lowest BCUT2D eigenvalue weighted by Crippen LogP contribution is -2.60. The number of hydrogen-bond acceptors (Lipinski definition) is 3. The summed E-state index contributed by atoms with van der Waals surface area (Å²) in [5, 5.41) is 3.88. The molecule has 1 aliphatic carbocycles. The Kier molecular flexibility index (Phi) is 5.93. The highest BCUT2D eigenvalue weighted by Gasteiger charge is 2.47. The normalized spacial score (nSPS) is 24.1. The summed E-state index contributed by atoms with van der Waals surface area (Å²) in [6.07, 6.45) is 3.53. The maximum absolute atomic E-state index is 12.5. The molecule has 0 bridgehead atoms. The van der Waals surface area contributed by atoms with Crippen LogP contribution in [0.4, 0.5) is 0 Å². The van der Waals surface area contributed by atoms with Crippen LogP contribution in [0.3, 0.4) is 0 Å². The molecule has 0 spiro atoms. The summed E-state index contributed by atoms with van der Waals surface area (Å²) in [6, 6.07) is 5.01. The number of carbonyl (C=O) groups excluding carboxylic acids is 2. The maximum atomic E-state index is 12.5. The van der Waals surface area contributed by atoms with Gasteiger partial charge in [0.25, 0.3) is 0 Å². The molecule has 1 aliphatic rings. The molecule has 23 heavy (non-hydrogen) atoms. The van der Waals surface area contributed by atoms with Crippen LogP contribution in [-0.4, -0.2) is 24.5 Å². The fourth-order valence-corrected chi connectivity index (χ4v) is 3.68. The average molecular weight is 358 g/mol. The van der Waals surface area contributed by atoms with Gasteiger partial charge < -0.3 is 10.1 Å². The molecule has 2 rings (SSSR count). The van der Waals surface area contributed by atoms with Crippen LogP contribution >= 0.6 is 23.2 Å². The number of hydrogen-bond donors (Lipinski definition) is 1. The van der Waals surface area contributed by atoms with E-state index < -0.39 is 5.54 Å². The van der Waals surface area contributed by atoms with Gasteiger partial charge in [0.2, 0.25) is 5.91 Å². The van der Waals surface area contributed by atoms with Crippen molar-refractivity contribution in [3.8, 4) is 0 Å². The minimum absolute atomic E-state index is 0.0355. The van der Waals surface area contributed by atoms with Crippen molar-refractivity contribution in [3.05, 3.63) is 33.8 Å². The fraction of sp³-hybridized carbons (Fsp3) is 0.529. The van der Waals surface area contributed by atoms with Crippen molar-refractivity contribution in [3.63, 3.8) is 0 Å². The molecule has 1 aromatic carbocycles. The molecule has 1 aromatic rings. The van der Waals surface area contributed by atoms with Crippen molar-refractivity contribution in [1.82, 2.24) is 5.32 Å². The third-order valence-electron chi connectivity index (χ3n) is 4.58. The first kappa shape index (κ1) is 18.1. The lowest BCUT2D eigenvalue weighted by atomic mass is 9.73. The summed E-state index contributed by atoms with van der Waals surface area (Å²) in [6.45, 7) is 1.98. The van der Waals surface area contributed by atoms with Gasteiger partial charge in [-0.05, 0) is 36.5 Å². The van der Waals surface area contributed by atoms with Gasteiger partial charge in [0.15, 0.2) is 0 Å². The topological polar surface area (TPSA) is 55.4 Å². The molecule has 0 radical (unpaired) electrons. The van der Waals surface area contributed by atoms with Gasteiger partial charge in [-0.3, -0.25) is 4.79 Å². The van der Waals surface area contributed by atoms with Crippen LogP contribution in [0.25, 0.3) is 0 Å². The molecule has 1 amide bonds. The van der Waals surface area contributed by atoms with Crippen molar-refractivity contribution in [2.45, 2.75) is 44.6 Å². The van der Waals surface area contributed by atoms with Crippen molar-refractivity contribution in [2.75, 3.05) is 7.11 Å². The summed E-state index contributed by atoms with van der Waals surface area (Å²) < 4.78 is 4.96. The van der Waals surface area contributed by atoms with Gasteiger partial charge in [-0.15, -0.1) is 0 Å². The number of halogens is 2. The predicted molar refractivity (Wildman–Crippen MR) is 90.7 cm³/mol. The largest absolute Gasteiger partial charge is 0.467 e. The van der Waals surface area contributed by atoms with E-state index >= 15 is 0 Å². The third-order valence-corrected chi connectivity index (χ3v) is 5.16. The van der Waals surface area contributed by atoms with Gasteiger partial charge >= 0.3 is 5.97 Å². The summed E-state index contributed by atoms with van der Waals surface area (Å²) >= 11 is 12.0. The van der Waals surface area contributed by atoms with Crippen LogP contribution in [0.15, 0.2) is 18.2 Å². The van der Waals surface area contributed by atoms with E-state index in [0.717, 1.165) is 19.3 Å². The Bertz CT molecular complexity index is 606. The van der Waals surface area contributed by atoms with Gasteiger partial charge in [-0.1, -0.05) is 49.0 Å². The second kappa shape index (κ2) is 7.54. The van der Waals surface area contributed by atoms with Crippen LogP contribution in [0, 0.1) is 5.92 Å². The van der Waals surface area contributed by atoms with E-state index in [1.165, 1.54) is 7.11 Å². The highest BCUT2D eigenvalue weighted by atomic mass is 35.5. The lowest BCUT2D eigenvalue weighted by molar-refractivity contribution is -0.155. The van der Waals surface area contributed by atoms with Crippen LogP contribution in [0.1, 0.15) is 38.2 Å². The van der Waals surface area contributed by atoms with Crippen molar-refractivity contribution >= 4 is 35.1 Å². The number of nitrogens with one attached hydrogen (secondary N) is 1. The van der Waals surface area contributed by atoms with E-state index in [9.17, 15) is 9.59 Å². The molecule has 0 heterocycles. The Morgan fingerprint density at radius 3 is 2.70 bits per heavy atom. The van der Waals surface area contributed by atoms with Crippen LogP contribution < -0.4 is 5.32 Å². The number of rotatable bonds is 4. The zero-order valence-corrected chi connectivity index (χ0v) is 14.8. The van der Waals surface area contributed by atoms with Gasteiger partial charge in [0.05, 0.1) is 13.5 Å². The number of amides is 1. The van der Waals surface area contributed by atoms with Crippen molar-refractivity contribution in [2.24, 2.45) is 5.92 Å². The van der Waals surface area contributed by atoms with E-state index in [1.807, 2.05) is 6.92 Å². The van der Waals surface area contributed by atoms with E-state index in [2.05, 4.69) is 5.32 Å². The number of esters is 1. The molecule has 1 saturated carbocycles. The van der Waals surface area contributed by atoms with Crippen LogP contribution in [0.5, 0.6) is 0 Å². The van der Waals surface area contributed by atoms with Crippen molar-refractivity contribution in [1.29, 1.82) is 0 Å². The van der Waals surface area contributed by atoms with Crippen LogP contribution in [0.2, 0.25) is 10.0 Å². The summed E-state index contributed by atoms with van der Waals surface area (Å²) in [5.41, 5.74) is -0.264. The van der Waals surface area contributed by atoms with E-state index in [0.29, 0.717) is 22.0 Å². The second-order valence-corrected chi connectivity index (χ2v) is 6.91. The predicted octanol–water partition coefficient (Wildman–Crippen LogP) is 3.77. The van der Waals surface area contributed by atoms with Gasteiger partial charge in [0.1, 0.15) is 5.54 Å². The second-order valence-electron chi connectivity index (χ2n) is 6.07. The first-order chi connectivity index (χ1) is 10.9. The Morgan fingerprint density at radius 1 is 1.35 bits per heavy atom. The maximum Gasteiger partial charge on any atom is 0.331 e. The first-order valence-electron chi connectivity index (χ1n) is 7.72.